The van der Waals surface area contributed by atoms with Crippen LogP contribution >= 0.6 is 0 Å². The maximum absolute atomic E-state index is 12.7. The van der Waals surface area contributed by atoms with Crippen molar-refractivity contribution in [3.8, 4) is 0 Å². The molecular weight excluding hydrogens is 460 g/mol. The summed E-state index contributed by atoms with van der Waals surface area (Å²) in [6.45, 7) is 8.06. The Morgan fingerprint density at radius 1 is 1.17 bits per heavy atom. The van der Waals surface area contributed by atoms with Crippen LogP contribution in [-0.4, -0.2) is 90.1 Å². The van der Waals surface area contributed by atoms with E-state index in [2.05, 4.69) is 10.6 Å². The summed E-state index contributed by atoms with van der Waals surface area (Å²) in [6.07, 6.45) is -1.72. The SMILES string of the molecule is CCCCCOC(=O)OC1CCC(NC(=O)C(OC)C(O)C(O)C(O)/C=C/C(C)(C)C)C(=O)NC1. The summed E-state index contributed by atoms with van der Waals surface area (Å²) in [5.41, 5.74) is -0.260. The number of nitrogens with one attached hydrogen (secondary N) is 2. The smallest absolute Gasteiger partial charge is 0.434 e. The predicted octanol–water partition coefficient (Wildman–Crippen LogP) is 0.793. The second-order valence-electron chi connectivity index (χ2n) is 9.78. The standard InChI is InChI=1S/C24H42N2O9/c1-6-7-8-13-34-23(32)35-15-9-10-16(21(30)25-14-15)26-22(31)20(33-5)19(29)18(28)17(27)11-12-24(2,3)4/h11-12,15-20,27-29H,6-10,13-14H2,1-5H3,(H,25,30)(H,26,31)/b12-11+. The van der Waals surface area contributed by atoms with E-state index in [1.807, 2.05) is 27.7 Å². The van der Waals surface area contributed by atoms with Crippen molar-refractivity contribution in [1.82, 2.24) is 10.6 Å². The fourth-order valence-electron chi connectivity index (χ4n) is 3.38. The maximum Gasteiger partial charge on any atom is 0.508 e. The minimum Gasteiger partial charge on any atom is -0.434 e. The molecule has 0 aromatic rings. The molecular formula is C24H42N2O9. The van der Waals surface area contributed by atoms with E-state index < -0.39 is 54.5 Å². The topological polar surface area (TPSA) is 164 Å². The largest absolute Gasteiger partial charge is 0.508 e. The van der Waals surface area contributed by atoms with Crippen molar-refractivity contribution < 1.29 is 43.9 Å². The van der Waals surface area contributed by atoms with Gasteiger partial charge in [0.1, 0.15) is 30.5 Å². The van der Waals surface area contributed by atoms with Crippen molar-refractivity contribution in [3.63, 3.8) is 0 Å². The van der Waals surface area contributed by atoms with Crippen LogP contribution in [0.1, 0.15) is 59.8 Å². The van der Waals surface area contributed by atoms with E-state index in [0.29, 0.717) is 0 Å². The molecule has 6 atom stereocenters. The zero-order valence-electron chi connectivity index (χ0n) is 21.4. The van der Waals surface area contributed by atoms with Gasteiger partial charge in [-0.15, -0.1) is 0 Å². The number of unbranched alkanes of at least 4 members (excludes halogenated alkanes) is 2. The number of allylic oxidation sites excluding steroid dienone is 1. The number of carbonyl (C=O) groups is 3. The van der Waals surface area contributed by atoms with Crippen LogP contribution in [-0.2, 0) is 23.8 Å². The van der Waals surface area contributed by atoms with Crippen LogP contribution in [0.5, 0.6) is 0 Å². The van der Waals surface area contributed by atoms with Crippen LogP contribution in [0.3, 0.4) is 0 Å². The van der Waals surface area contributed by atoms with Gasteiger partial charge in [0.2, 0.25) is 5.91 Å². The molecule has 1 fully saturated rings. The third-order valence-corrected chi connectivity index (χ3v) is 5.46. The first-order valence-electron chi connectivity index (χ1n) is 12.1. The quantitative estimate of drug-likeness (QED) is 0.147. The minimum absolute atomic E-state index is 0.0661. The molecule has 0 aromatic heterocycles. The van der Waals surface area contributed by atoms with Gasteiger partial charge in [0.05, 0.1) is 13.2 Å². The summed E-state index contributed by atoms with van der Waals surface area (Å²) < 4.78 is 15.3. The van der Waals surface area contributed by atoms with E-state index in [1.54, 1.807) is 6.08 Å². The van der Waals surface area contributed by atoms with E-state index in [4.69, 9.17) is 14.2 Å². The third-order valence-electron chi connectivity index (χ3n) is 5.46. The molecule has 0 saturated carbocycles. The average molecular weight is 503 g/mol. The Balaban J connectivity index is 2.65. The lowest BCUT2D eigenvalue weighted by Gasteiger charge is -2.28. The lowest BCUT2D eigenvalue weighted by atomic mass is 9.94. The molecule has 6 unspecified atom stereocenters. The lowest BCUT2D eigenvalue weighted by Crippen LogP contribution is -2.55. The number of hydrogen-bond donors (Lipinski definition) is 5. The van der Waals surface area contributed by atoms with Crippen LogP contribution in [0, 0.1) is 5.41 Å². The van der Waals surface area contributed by atoms with Gasteiger partial charge < -0.3 is 40.2 Å². The molecule has 2 amide bonds. The van der Waals surface area contributed by atoms with Crippen molar-refractivity contribution in [2.45, 2.75) is 96.4 Å². The highest BCUT2D eigenvalue weighted by atomic mass is 16.7. The highest BCUT2D eigenvalue weighted by Crippen LogP contribution is 2.17. The molecule has 0 bridgehead atoms. The van der Waals surface area contributed by atoms with E-state index in [0.717, 1.165) is 19.3 Å². The van der Waals surface area contributed by atoms with Crippen LogP contribution < -0.4 is 10.6 Å². The molecule has 0 spiro atoms. The van der Waals surface area contributed by atoms with Gasteiger partial charge in [-0.3, -0.25) is 9.59 Å². The molecule has 0 aromatic carbocycles. The van der Waals surface area contributed by atoms with Gasteiger partial charge in [-0.2, -0.15) is 0 Å². The zero-order chi connectivity index (χ0) is 26.6. The van der Waals surface area contributed by atoms with E-state index in [9.17, 15) is 29.7 Å². The van der Waals surface area contributed by atoms with Crippen molar-refractivity contribution >= 4 is 18.0 Å². The van der Waals surface area contributed by atoms with Crippen LogP contribution in [0.4, 0.5) is 4.79 Å². The second-order valence-corrected chi connectivity index (χ2v) is 9.78. The third kappa shape index (κ3) is 11.4. The predicted molar refractivity (Wildman–Crippen MR) is 127 cm³/mol. The van der Waals surface area contributed by atoms with Gasteiger partial charge in [0.25, 0.3) is 5.91 Å². The Morgan fingerprint density at radius 3 is 2.46 bits per heavy atom. The minimum atomic E-state index is -1.76. The molecule has 202 valence electrons. The maximum atomic E-state index is 12.7. The molecule has 1 saturated heterocycles. The Kier molecular flexibility index (Phi) is 13.2. The molecule has 0 aliphatic carbocycles. The Morgan fingerprint density at radius 2 is 1.86 bits per heavy atom. The number of aliphatic hydroxyl groups is 3. The van der Waals surface area contributed by atoms with Crippen molar-refractivity contribution in [2.24, 2.45) is 5.41 Å². The first kappa shape index (κ1) is 30.8. The van der Waals surface area contributed by atoms with Crippen LogP contribution in [0.15, 0.2) is 12.2 Å². The summed E-state index contributed by atoms with van der Waals surface area (Å²) in [4.78, 5) is 37.0. The average Bonchev–Trinajstić information content (AvgIpc) is 2.96. The molecule has 35 heavy (non-hydrogen) atoms. The summed E-state index contributed by atoms with van der Waals surface area (Å²) in [5, 5.41) is 36.0. The van der Waals surface area contributed by atoms with Crippen molar-refractivity contribution in [1.29, 1.82) is 0 Å². The van der Waals surface area contributed by atoms with E-state index >= 15 is 0 Å². The lowest BCUT2D eigenvalue weighted by molar-refractivity contribution is -0.150. The summed E-state index contributed by atoms with van der Waals surface area (Å²) in [7, 11) is 1.17. The Hall–Kier alpha value is -2.21. The summed E-state index contributed by atoms with van der Waals surface area (Å²) in [5.74, 6) is -1.32. The second kappa shape index (κ2) is 15.0. The van der Waals surface area contributed by atoms with Gasteiger partial charge in [0, 0.05) is 7.11 Å². The number of methoxy groups -OCH3 is 1. The fourth-order valence-corrected chi connectivity index (χ4v) is 3.38. The molecule has 11 heteroatoms. The highest BCUT2D eigenvalue weighted by Gasteiger charge is 2.37. The first-order chi connectivity index (χ1) is 16.4. The summed E-state index contributed by atoms with van der Waals surface area (Å²) in [6, 6.07) is -0.968. The first-order valence-corrected chi connectivity index (χ1v) is 12.1. The van der Waals surface area contributed by atoms with E-state index in [1.165, 1.54) is 13.2 Å². The van der Waals surface area contributed by atoms with Gasteiger partial charge in [0.15, 0.2) is 6.10 Å². The molecule has 1 aliphatic heterocycles. The number of hydrogen-bond acceptors (Lipinski definition) is 9. The Labute approximate surface area is 207 Å². The van der Waals surface area contributed by atoms with Gasteiger partial charge in [-0.1, -0.05) is 52.7 Å². The highest BCUT2D eigenvalue weighted by molar-refractivity contribution is 5.89. The number of carbonyl (C=O) groups excluding carboxylic acids is 3. The van der Waals surface area contributed by atoms with Crippen LogP contribution in [0.25, 0.3) is 0 Å². The normalized spacial score (nSPS) is 22.5. The van der Waals surface area contributed by atoms with Crippen LogP contribution in [0.2, 0.25) is 0 Å². The number of aliphatic hydroxyl groups excluding tert-OH is 3. The number of amides is 2. The van der Waals surface area contributed by atoms with Gasteiger partial charge >= 0.3 is 6.16 Å². The van der Waals surface area contributed by atoms with Gasteiger partial charge in [-0.05, 0) is 24.7 Å². The Bertz CT molecular complexity index is 708. The monoisotopic (exact) mass is 502 g/mol. The van der Waals surface area contributed by atoms with E-state index in [-0.39, 0.29) is 31.4 Å². The molecule has 1 heterocycles. The molecule has 5 N–H and O–H groups in total. The molecule has 1 rings (SSSR count). The van der Waals surface area contributed by atoms with Crippen molar-refractivity contribution in [2.75, 3.05) is 20.3 Å². The van der Waals surface area contributed by atoms with Crippen molar-refractivity contribution in [3.05, 3.63) is 12.2 Å². The molecule has 0 radical (unpaired) electrons. The fraction of sp³-hybridized carbons (Fsp3) is 0.792. The number of rotatable bonds is 12. The molecule has 1 aliphatic rings. The molecule has 11 nitrogen and oxygen atoms in total. The number of ether oxygens (including phenoxy) is 3. The summed E-state index contributed by atoms with van der Waals surface area (Å²) >= 11 is 0. The van der Waals surface area contributed by atoms with Gasteiger partial charge in [-0.25, -0.2) is 4.79 Å². The zero-order valence-corrected chi connectivity index (χ0v) is 21.4.